The Morgan fingerprint density at radius 2 is 1.64 bits per heavy atom. The number of pyridine rings is 1. The molecule has 1 aromatic heterocycles. The Bertz CT molecular complexity index is 609. The number of anilines is 1. The van der Waals surface area contributed by atoms with Crippen LogP contribution in [0.4, 0.5) is 10.2 Å². The quantitative estimate of drug-likeness (QED) is 0.523. The maximum absolute atomic E-state index is 14.5. The molecule has 0 saturated carbocycles. The van der Waals surface area contributed by atoms with Gasteiger partial charge in [0.1, 0.15) is 60.7 Å². The minimum absolute atomic E-state index is 0.306. The summed E-state index contributed by atoms with van der Waals surface area (Å²) in [7, 11) is 13.9. The minimum Gasteiger partial charge on any atom is -0.502 e. The molecule has 0 radical (unpaired) electrons. The van der Waals surface area contributed by atoms with E-state index in [9.17, 15) is 4.39 Å². The number of nitrogens with zero attached hydrogens (tertiary/aromatic N) is 2. The second-order valence-electron chi connectivity index (χ2n) is 8.55. The van der Waals surface area contributed by atoms with Crippen LogP contribution in [0.2, 0.25) is 0 Å². The smallest absolute Gasteiger partial charge is 0.169 e. The van der Waals surface area contributed by atoms with E-state index in [0.29, 0.717) is 11.6 Å². The summed E-state index contributed by atoms with van der Waals surface area (Å²) in [6, 6.07) is 1.42. The van der Waals surface area contributed by atoms with Crippen molar-refractivity contribution in [3.63, 3.8) is 0 Å². The largest absolute Gasteiger partial charge is 0.502 e. The third-order valence-electron chi connectivity index (χ3n) is 4.60. The van der Waals surface area contributed by atoms with Crippen molar-refractivity contribution in [1.29, 1.82) is 0 Å². The molecule has 13 heteroatoms. The highest BCUT2D eigenvalue weighted by Crippen LogP contribution is 2.27. The van der Waals surface area contributed by atoms with Gasteiger partial charge in [0, 0.05) is 37.6 Å². The van der Waals surface area contributed by atoms with Crippen LogP contribution in [0.3, 0.4) is 0 Å². The Labute approximate surface area is 156 Å². The van der Waals surface area contributed by atoms with Crippen LogP contribution in [0, 0.1) is 5.82 Å². The van der Waals surface area contributed by atoms with E-state index in [1.54, 1.807) is 6.20 Å². The average Bonchev–Trinajstić information content (AvgIpc) is 2.45. The minimum atomic E-state index is -0.662. The standard InChI is InChI=1S/C12H25B7FN3O2/c13-10(14,11(15,16)25-12(17,18)19)24-7-5-8(20)9(22-6-7)23-3-1-21-2-4-23/h5-6,21H,1-4,13-19H2. The van der Waals surface area contributed by atoms with Gasteiger partial charge in [-0.25, -0.2) is 9.37 Å². The molecule has 1 fully saturated rings. The first kappa shape index (κ1) is 20.4. The van der Waals surface area contributed by atoms with Crippen LogP contribution in [-0.4, -0.2) is 102 Å². The fraction of sp³-hybridized carbons (Fsp3) is 0.583. The number of halogens is 1. The molecule has 0 bridgehead atoms. The maximum Gasteiger partial charge on any atom is 0.169 e. The zero-order valence-electron chi connectivity index (χ0n) is 16.6. The molecule has 0 unspecified atom stereocenters. The van der Waals surface area contributed by atoms with Gasteiger partial charge in [-0.1, -0.05) is 0 Å². The highest BCUT2D eigenvalue weighted by molar-refractivity contribution is 6.59. The SMILES string of the molecule is BC(B)(B)OC(B)(B)C(B)(B)Oc1cnc(N2CCNCC2)c(F)c1. The molecule has 2 heterocycles. The van der Waals surface area contributed by atoms with Crippen molar-refractivity contribution in [1.82, 2.24) is 10.3 Å². The first-order valence-electron chi connectivity index (χ1n) is 8.92. The van der Waals surface area contributed by atoms with Gasteiger partial charge in [-0.15, -0.1) is 0 Å². The molecule has 1 aliphatic rings. The van der Waals surface area contributed by atoms with Crippen LogP contribution in [0.5, 0.6) is 5.75 Å². The van der Waals surface area contributed by atoms with Crippen LogP contribution < -0.4 is 15.0 Å². The number of ether oxygens (including phenoxy) is 2. The van der Waals surface area contributed by atoms with Gasteiger partial charge in [0.05, 0.1) is 11.6 Å². The summed E-state index contributed by atoms with van der Waals surface area (Å²) in [5, 5.41) is 1.71. The highest BCUT2D eigenvalue weighted by Gasteiger charge is 2.41. The highest BCUT2D eigenvalue weighted by atomic mass is 19.1. The van der Waals surface area contributed by atoms with Crippen LogP contribution in [0.1, 0.15) is 0 Å². The molecule has 25 heavy (non-hydrogen) atoms. The number of hydrogen-bond donors (Lipinski definition) is 1. The number of aromatic nitrogens is 1. The van der Waals surface area contributed by atoms with E-state index >= 15 is 0 Å². The van der Waals surface area contributed by atoms with E-state index < -0.39 is 10.8 Å². The number of nitrogens with one attached hydrogen (secondary N) is 1. The van der Waals surface area contributed by atoms with Crippen molar-refractivity contribution in [2.75, 3.05) is 31.1 Å². The Balaban J connectivity index is 2.15. The molecule has 2 rings (SSSR count). The van der Waals surface area contributed by atoms with E-state index in [0.717, 1.165) is 26.2 Å². The first-order valence-corrected chi connectivity index (χ1v) is 8.92. The summed E-state index contributed by atoms with van der Waals surface area (Å²) >= 11 is 0. The maximum atomic E-state index is 14.5. The molecule has 0 aliphatic carbocycles. The number of rotatable bonds is 6. The molecule has 1 N–H and O–H groups in total. The number of hydrogen-bond acceptors (Lipinski definition) is 5. The van der Waals surface area contributed by atoms with Crippen molar-refractivity contribution in [3.8, 4) is 5.75 Å². The molecule has 0 atom stereocenters. The van der Waals surface area contributed by atoms with Gasteiger partial charge in [0.2, 0.25) is 0 Å². The van der Waals surface area contributed by atoms with E-state index in [1.807, 2.05) is 59.8 Å². The molecule has 0 aromatic carbocycles. The summed E-state index contributed by atoms with van der Waals surface area (Å²) in [6.07, 6.45) is 1.59. The van der Waals surface area contributed by atoms with Crippen LogP contribution in [-0.2, 0) is 4.74 Å². The second-order valence-corrected chi connectivity index (χ2v) is 8.55. The zero-order chi connectivity index (χ0) is 18.9. The predicted molar refractivity (Wildman–Crippen MR) is 119 cm³/mol. The topological polar surface area (TPSA) is 46.6 Å². The van der Waals surface area contributed by atoms with Crippen molar-refractivity contribution >= 4 is 60.7 Å². The lowest BCUT2D eigenvalue weighted by Crippen LogP contribution is -2.65. The Kier molecular flexibility index (Phi) is 5.99. The van der Waals surface area contributed by atoms with E-state index in [1.165, 1.54) is 6.07 Å². The van der Waals surface area contributed by atoms with Gasteiger partial charge in [0.15, 0.2) is 11.6 Å². The molecular formula is C12H25B7FN3O2. The van der Waals surface area contributed by atoms with Crippen molar-refractivity contribution in [2.45, 2.75) is 16.1 Å². The van der Waals surface area contributed by atoms with Crippen molar-refractivity contribution < 1.29 is 13.9 Å². The van der Waals surface area contributed by atoms with Crippen molar-refractivity contribution in [2.24, 2.45) is 0 Å². The second kappa shape index (κ2) is 7.35. The summed E-state index contributed by atoms with van der Waals surface area (Å²) in [4.78, 5) is 6.25. The lowest BCUT2D eigenvalue weighted by atomic mass is 9.40. The van der Waals surface area contributed by atoms with E-state index in [-0.39, 0.29) is 11.1 Å². The van der Waals surface area contributed by atoms with Gasteiger partial charge in [-0.05, 0) is 5.30 Å². The fourth-order valence-electron chi connectivity index (χ4n) is 2.88. The lowest BCUT2D eigenvalue weighted by Gasteiger charge is -2.46. The monoisotopic (exact) mass is 339 g/mol. The molecular weight excluding hydrogens is 313 g/mol. The Morgan fingerprint density at radius 1 is 1.04 bits per heavy atom. The van der Waals surface area contributed by atoms with Gasteiger partial charge in [0.25, 0.3) is 0 Å². The number of piperazine rings is 1. The zero-order valence-corrected chi connectivity index (χ0v) is 16.6. The van der Waals surface area contributed by atoms with Gasteiger partial charge in [-0.2, -0.15) is 0 Å². The Hall–Kier alpha value is -0.945. The molecule has 1 aromatic rings. The van der Waals surface area contributed by atoms with E-state index in [4.69, 9.17) is 9.47 Å². The van der Waals surface area contributed by atoms with E-state index in [2.05, 4.69) is 10.3 Å². The summed E-state index contributed by atoms with van der Waals surface area (Å²) < 4.78 is 26.8. The fourth-order valence-corrected chi connectivity index (χ4v) is 2.88. The molecule has 1 saturated heterocycles. The van der Waals surface area contributed by atoms with Gasteiger partial charge >= 0.3 is 0 Å². The Morgan fingerprint density at radius 3 is 2.16 bits per heavy atom. The van der Waals surface area contributed by atoms with Crippen LogP contribution in [0.15, 0.2) is 12.3 Å². The lowest BCUT2D eigenvalue weighted by molar-refractivity contribution is 0.00219. The molecule has 0 spiro atoms. The van der Waals surface area contributed by atoms with Gasteiger partial charge in [-0.3, -0.25) is 0 Å². The average molecular weight is 338 g/mol. The first-order chi connectivity index (χ1) is 11.4. The van der Waals surface area contributed by atoms with Gasteiger partial charge < -0.3 is 19.7 Å². The normalized spacial score (nSPS) is 16.6. The predicted octanol–water partition coefficient (Wildman–Crippen LogP) is -6.62. The third kappa shape index (κ3) is 5.27. The van der Waals surface area contributed by atoms with Crippen LogP contribution >= 0.6 is 0 Å². The summed E-state index contributed by atoms with van der Waals surface area (Å²) in [5.74, 6) is 0.438. The van der Waals surface area contributed by atoms with Crippen LogP contribution in [0.25, 0.3) is 0 Å². The van der Waals surface area contributed by atoms with Crippen molar-refractivity contribution in [3.05, 3.63) is 18.1 Å². The molecule has 1 aliphatic heterocycles. The third-order valence-corrected chi connectivity index (χ3v) is 4.60. The molecule has 0 amide bonds. The summed E-state index contributed by atoms with van der Waals surface area (Å²) in [6.45, 7) is 3.18. The molecule has 5 nitrogen and oxygen atoms in total. The molecule has 128 valence electrons. The summed E-state index contributed by atoms with van der Waals surface area (Å²) in [5.41, 5.74) is 0.